The van der Waals surface area contributed by atoms with Crippen LogP contribution in [0.4, 0.5) is 0 Å². The highest BCUT2D eigenvalue weighted by molar-refractivity contribution is 5.74. The molecule has 0 aliphatic heterocycles. The number of aliphatic carboxylic acids is 1. The van der Waals surface area contributed by atoms with Crippen molar-refractivity contribution in [2.24, 2.45) is 5.92 Å². The first-order valence-corrected chi connectivity index (χ1v) is 6.67. The molecule has 1 saturated carbocycles. The van der Waals surface area contributed by atoms with Gasteiger partial charge in [-0.05, 0) is 37.7 Å². The van der Waals surface area contributed by atoms with Crippen LogP contribution in [0.2, 0.25) is 0 Å². The lowest BCUT2D eigenvalue weighted by molar-refractivity contribution is -0.140. The fourth-order valence-corrected chi connectivity index (χ4v) is 2.30. The number of benzene rings is 1. The fraction of sp³-hybridized carbons (Fsp3) is 0.533. The van der Waals surface area contributed by atoms with Crippen molar-refractivity contribution in [3.05, 3.63) is 35.4 Å². The first-order chi connectivity index (χ1) is 8.61. The molecule has 1 aliphatic carbocycles. The van der Waals surface area contributed by atoms with Crippen LogP contribution < -0.4 is 5.32 Å². The lowest BCUT2D eigenvalue weighted by atomic mass is 10.0. The molecular formula is C15H21NO2. The monoisotopic (exact) mass is 247 g/mol. The van der Waals surface area contributed by atoms with Crippen LogP contribution in [0.3, 0.4) is 0 Å². The smallest absolute Gasteiger partial charge is 0.320 e. The van der Waals surface area contributed by atoms with E-state index in [0.717, 1.165) is 19.3 Å². The molecule has 0 spiro atoms. The lowest BCUT2D eigenvalue weighted by Crippen LogP contribution is -2.40. The van der Waals surface area contributed by atoms with Gasteiger partial charge in [-0.15, -0.1) is 0 Å². The quantitative estimate of drug-likeness (QED) is 0.812. The van der Waals surface area contributed by atoms with Crippen LogP contribution in [0.1, 0.15) is 43.4 Å². The zero-order chi connectivity index (χ0) is 13.1. The van der Waals surface area contributed by atoms with E-state index in [1.165, 1.54) is 11.1 Å². The zero-order valence-electron chi connectivity index (χ0n) is 11.0. The summed E-state index contributed by atoms with van der Waals surface area (Å²) in [7, 11) is 0. The van der Waals surface area contributed by atoms with E-state index in [0.29, 0.717) is 5.92 Å². The van der Waals surface area contributed by atoms with E-state index in [9.17, 15) is 9.90 Å². The summed E-state index contributed by atoms with van der Waals surface area (Å²) in [6.45, 7) is 4.14. The van der Waals surface area contributed by atoms with Gasteiger partial charge in [-0.3, -0.25) is 10.1 Å². The maximum atomic E-state index is 11.3. The molecule has 3 nitrogen and oxygen atoms in total. The van der Waals surface area contributed by atoms with E-state index in [2.05, 4.69) is 43.4 Å². The molecule has 0 saturated heterocycles. The Bertz CT molecular complexity index is 409. The third-order valence-electron chi connectivity index (χ3n) is 3.63. The minimum Gasteiger partial charge on any atom is -0.480 e. The maximum absolute atomic E-state index is 11.3. The van der Waals surface area contributed by atoms with Gasteiger partial charge >= 0.3 is 5.97 Å². The molecule has 1 aromatic carbocycles. The molecule has 0 heterocycles. The molecule has 2 rings (SSSR count). The van der Waals surface area contributed by atoms with Crippen molar-refractivity contribution in [1.29, 1.82) is 0 Å². The standard InChI is InChI=1S/C15H21NO2/c1-3-13(11-6-4-10(2)5-7-11)16-14(15(17)18)12-8-9-12/h4-7,12-14,16H,3,8-9H2,1-2H3,(H,17,18). The molecule has 1 aromatic rings. The number of carboxylic acid groups (broad SMARTS) is 1. The minimum atomic E-state index is -0.719. The number of hydrogen-bond acceptors (Lipinski definition) is 2. The highest BCUT2D eigenvalue weighted by Gasteiger charge is 2.37. The first kappa shape index (κ1) is 13.1. The van der Waals surface area contributed by atoms with Crippen molar-refractivity contribution in [2.45, 2.75) is 45.2 Å². The Labute approximate surface area is 108 Å². The first-order valence-electron chi connectivity index (χ1n) is 6.67. The van der Waals surface area contributed by atoms with Gasteiger partial charge in [0.25, 0.3) is 0 Å². The van der Waals surface area contributed by atoms with Crippen LogP contribution in [0.25, 0.3) is 0 Å². The number of carboxylic acids is 1. The normalized spacial score (nSPS) is 18.3. The van der Waals surface area contributed by atoms with Crippen molar-refractivity contribution in [1.82, 2.24) is 5.32 Å². The summed E-state index contributed by atoms with van der Waals surface area (Å²) >= 11 is 0. The molecule has 0 aromatic heterocycles. The summed E-state index contributed by atoms with van der Waals surface area (Å²) in [5.74, 6) is -0.398. The third kappa shape index (κ3) is 3.10. The zero-order valence-corrected chi connectivity index (χ0v) is 11.0. The second kappa shape index (κ2) is 5.53. The van der Waals surface area contributed by atoms with Crippen LogP contribution in [-0.2, 0) is 4.79 Å². The molecule has 2 atom stereocenters. The van der Waals surface area contributed by atoms with E-state index in [4.69, 9.17) is 0 Å². The van der Waals surface area contributed by atoms with E-state index in [-0.39, 0.29) is 6.04 Å². The molecule has 0 amide bonds. The van der Waals surface area contributed by atoms with Gasteiger partial charge in [0.15, 0.2) is 0 Å². The van der Waals surface area contributed by atoms with Crippen LogP contribution >= 0.6 is 0 Å². The Hall–Kier alpha value is -1.35. The molecule has 2 unspecified atom stereocenters. The van der Waals surface area contributed by atoms with Gasteiger partial charge in [0.2, 0.25) is 0 Å². The van der Waals surface area contributed by atoms with Gasteiger partial charge in [0, 0.05) is 6.04 Å². The molecule has 1 fully saturated rings. The molecule has 98 valence electrons. The van der Waals surface area contributed by atoms with E-state index < -0.39 is 12.0 Å². The summed E-state index contributed by atoms with van der Waals surface area (Å²) in [4.78, 5) is 11.3. The molecule has 3 heteroatoms. The van der Waals surface area contributed by atoms with Gasteiger partial charge in [-0.1, -0.05) is 36.8 Å². The van der Waals surface area contributed by atoms with Crippen LogP contribution in [0.5, 0.6) is 0 Å². The summed E-state index contributed by atoms with van der Waals surface area (Å²) in [6, 6.07) is 8.06. The number of hydrogen-bond donors (Lipinski definition) is 2. The topological polar surface area (TPSA) is 49.3 Å². The molecule has 18 heavy (non-hydrogen) atoms. The van der Waals surface area contributed by atoms with Crippen LogP contribution in [0, 0.1) is 12.8 Å². The third-order valence-corrected chi connectivity index (χ3v) is 3.63. The number of carbonyl (C=O) groups is 1. The second-order valence-corrected chi connectivity index (χ2v) is 5.19. The van der Waals surface area contributed by atoms with E-state index in [1.54, 1.807) is 0 Å². The summed E-state index contributed by atoms with van der Waals surface area (Å²) in [6.07, 6.45) is 2.97. The van der Waals surface area contributed by atoms with Crippen LogP contribution in [-0.4, -0.2) is 17.1 Å². The largest absolute Gasteiger partial charge is 0.480 e. The number of nitrogens with one attached hydrogen (secondary N) is 1. The Kier molecular flexibility index (Phi) is 4.02. The predicted molar refractivity (Wildman–Crippen MR) is 71.5 cm³/mol. The van der Waals surface area contributed by atoms with Gasteiger partial charge < -0.3 is 5.11 Å². The Morgan fingerprint density at radius 1 is 1.39 bits per heavy atom. The maximum Gasteiger partial charge on any atom is 0.320 e. The van der Waals surface area contributed by atoms with Crippen LogP contribution in [0.15, 0.2) is 24.3 Å². The molecule has 0 radical (unpaired) electrons. The Morgan fingerprint density at radius 3 is 2.44 bits per heavy atom. The SMILES string of the molecule is CCC(NC(C(=O)O)C1CC1)c1ccc(C)cc1. The fourth-order valence-electron chi connectivity index (χ4n) is 2.30. The number of rotatable bonds is 6. The van der Waals surface area contributed by atoms with Crippen molar-refractivity contribution in [3.8, 4) is 0 Å². The molecule has 2 N–H and O–H groups in total. The van der Waals surface area contributed by atoms with Crippen molar-refractivity contribution in [3.63, 3.8) is 0 Å². The molecule has 0 bridgehead atoms. The van der Waals surface area contributed by atoms with Gasteiger partial charge in [-0.2, -0.15) is 0 Å². The van der Waals surface area contributed by atoms with Crippen molar-refractivity contribution < 1.29 is 9.90 Å². The number of aryl methyl sites for hydroxylation is 1. The van der Waals surface area contributed by atoms with Gasteiger partial charge in [0.1, 0.15) is 6.04 Å². The Balaban J connectivity index is 2.08. The highest BCUT2D eigenvalue weighted by atomic mass is 16.4. The lowest BCUT2D eigenvalue weighted by Gasteiger charge is -2.22. The van der Waals surface area contributed by atoms with Crippen molar-refractivity contribution in [2.75, 3.05) is 0 Å². The average molecular weight is 247 g/mol. The van der Waals surface area contributed by atoms with Gasteiger partial charge in [-0.25, -0.2) is 0 Å². The summed E-state index contributed by atoms with van der Waals surface area (Å²) < 4.78 is 0. The van der Waals surface area contributed by atoms with E-state index in [1.807, 2.05) is 0 Å². The highest BCUT2D eigenvalue weighted by Crippen LogP contribution is 2.34. The van der Waals surface area contributed by atoms with Gasteiger partial charge in [0.05, 0.1) is 0 Å². The Morgan fingerprint density at radius 2 is 2.00 bits per heavy atom. The summed E-state index contributed by atoms with van der Waals surface area (Å²) in [5, 5.41) is 12.6. The summed E-state index contributed by atoms with van der Waals surface area (Å²) in [5.41, 5.74) is 2.40. The second-order valence-electron chi connectivity index (χ2n) is 5.19. The molecular weight excluding hydrogens is 226 g/mol. The minimum absolute atomic E-state index is 0.132. The average Bonchev–Trinajstić information content (AvgIpc) is 3.16. The predicted octanol–water partition coefficient (Wildman–Crippen LogP) is 2.90. The van der Waals surface area contributed by atoms with E-state index >= 15 is 0 Å². The van der Waals surface area contributed by atoms with Crippen molar-refractivity contribution >= 4 is 5.97 Å². The molecule has 1 aliphatic rings.